The minimum atomic E-state index is -0.496. The van der Waals surface area contributed by atoms with Crippen LogP contribution in [0.25, 0.3) is 190 Å². The van der Waals surface area contributed by atoms with Crippen molar-refractivity contribution in [2.75, 3.05) is 0 Å². The van der Waals surface area contributed by atoms with Crippen LogP contribution in [0.4, 0.5) is 0 Å². The Bertz CT molecular complexity index is 10500. The molecule has 0 aliphatic heterocycles. The lowest BCUT2D eigenvalue weighted by molar-refractivity contribution is 0.535. The van der Waals surface area contributed by atoms with Crippen LogP contribution < -0.4 is 0 Å². The predicted octanol–water partition coefficient (Wildman–Crippen LogP) is 45.2. The molecule has 0 spiro atoms. The summed E-state index contributed by atoms with van der Waals surface area (Å²) in [5.74, 6) is 0. The Balaban J connectivity index is 0.000000134. The Morgan fingerprint density at radius 1 is 0.168 bits per heavy atom. The van der Waals surface area contributed by atoms with Gasteiger partial charge in [0.05, 0.1) is 35.6 Å². The number of hydrogen-bond donors (Lipinski definition) is 0. The molecule has 0 radical (unpaired) electrons. The van der Waals surface area contributed by atoms with Gasteiger partial charge in [-0.25, -0.2) is 0 Å². The topological polar surface area (TPSA) is 0 Å². The van der Waals surface area contributed by atoms with Crippen molar-refractivity contribution in [3.05, 3.63) is 430 Å². The molecule has 23 rings (SSSR count). The van der Waals surface area contributed by atoms with Crippen molar-refractivity contribution in [2.24, 2.45) is 0 Å². The van der Waals surface area contributed by atoms with E-state index in [9.17, 15) is 0 Å². The van der Waals surface area contributed by atoms with Gasteiger partial charge < -0.3 is 0 Å². The summed E-state index contributed by atoms with van der Waals surface area (Å²) in [6.45, 7) is 59.8. The molecule has 0 fully saturated rings. The van der Waals surface area contributed by atoms with E-state index in [0.29, 0.717) is 61.2 Å². The summed E-state index contributed by atoms with van der Waals surface area (Å²) < 4.78 is 230. The number of hydrogen-bond acceptors (Lipinski definition) is 5. The highest BCUT2D eigenvalue weighted by Gasteiger charge is 2.35. The van der Waals surface area contributed by atoms with Gasteiger partial charge in [0.15, 0.2) is 0 Å². The Morgan fingerprint density at radius 3 is 0.732 bits per heavy atom. The molecule has 5 heteroatoms. The molecule has 0 saturated carbocycles. The fraction of sp³-hybridized carbons (Fsp3) is 0.250. The van der Waals surface area contributed by atoms with Gasteiger partial charge in [-0.1, -0.05) is 491 Å². The number of rotatable bonds is 8. The van der Waals surface area contributed by atoms with Gasteiger partial charge >= 0.3 is 0 Å². The van der Waals surface area contributed by atoms with Crippen LogP contribution in [0.5, 0.6) is 0 Å². The molecule has 5 aromatic heterocycles. The lowest BCUT2D eigenvalue weighted by Crippen LogP contribution is -2.22. The van der Waals surface area contributed by atoms with Gasteiger partial charge in [-0.05, 0) is 265 Å². The molecule has 0 unspecified atom stereocenters. The van der Waals surface area contributed by atoms with Crippen molar-refractivity contribution in [3.63, 3.8) is 0 Å². The SMILES string of the molecule is [2H]c1c([2H])c(C)c([2H])c(-c2cccc3sc4ccc(-c5cc(C(C)(C)C)cc(C(C)(C)C)c5)c(C(C)(C)C)c4c23)c1[2H].[2H]c1c([2H])c(C)c([2H])c(-c2cccc3sc4ccc(-c5ccccc5)c(C(C)(C)C)c4c23)c1[2H].[2H]c1c([2H])c(C)c([2H])c(-c2cccc3sc4cccc(C(C)(C)C)c4c23)c1[2H].[2H]c1c([2H])c([2H])c(-c2cccc3sc4ccc(-c5c([2H])c([2H])c([2H])c(C)c5[2H])c(C(C)(C)C)c4c23)c([2H])c1[2H].[2H]c1c([2H])c([2H])c(-c2cccc3sc4ccc(C(C)(C)C)c(C(C)(C)C)c4c23)c([2H])c1[2H]. The first-order valence-corrected chi connectivity index (χ1v) is 55.1. The summed E-state index contributed by atoms with van der Waals surface area (Å²) in [5.41, 5.74) is 21.3. The Morgan fingerprint density at radius 2 is 0.423 bits per heavy atom. The summed E-state index contributed by atoms with van der Waals surface area (Å²) in [6.07, 6.45) is 0. The van der Waals surface area contributed by atoms with Crippen LogP contribution in [0.1, 0.15) is 269 Å². The highest BCUT2D eigenvalue weighted by molar-refractivity contribution is 7.27. The molecule has 0 amide bonds. The summed E-state index contributed by atoms with van der Waals surface area (Å²) in [5, 5.41) is 10.3. The molecule has 5 heterocycles. The fourth-order valence-corrected chi connectivity index (χ4v) is 26.6. The third-order valence-electron chi connectivity index (χ3n) is 27.5. The lowest BCUT2D eigenvalue weighted by Gasteiger charge is -2.31. The molecule has 23 aromatic rings. The van der Waals surface area contributed by atoms with E-state index in [2.05, 4.69) is 267 Å². The molecule has 18 aromatic carbocycles. The first-order chi connectivity index (χ1) is 81.5. The maximum absolute atomic E-state index is 8.95. The number of fused-ring (bicyclic) bond motifs is 15. The van der Waals surface area contributed by atoms with Crippen molar-refractivity contribution in [3.8, 4) is 89.0 Å². The summed E-state index contributed by atoms with van der Waals surface area (Å²) >= 11 is 8.40. The number of benzene rings is 18. The van der Waals surface area contributed by atoms with E-state index in [1.807, 2.05) is 99.6 Å². The van der Waals surface area contributed by atoms with Gasteiger partial charge in [0.2, 0.25) is 0 Å². The van der Waals surface area contributed by atoms with Gasteiger partial charge in [0.25, 0.3) is 0 Å². The van der Waals surface area contributed by atoms with Crippen molar-refractivity contribution >= 4 is 158 Å². The second kappa shape index (κ2) is 40.8. The Hall–Kier alpha value is -12.9. The number of thiophene rings is 5. The Labute approximate surface area is 943 Å². The molecular weight excluding hydrogens is 1890 g/mol. The summed E-state index contributed by atoms with van der Waals surface area (Å²) in [7, 11) is 0. The third kappa shape index (κ3) is 21.3. The van der Waals surface area contributed by atoms with Crippen molar-refractivity contribution in [1.29, 1.82) is 0 Å². The van der Waals surface area contributed by atoms with E-state index in [-0.39, 0.29) is 188 Å². The van der Waals surface area contributed by atoms with Crippen molar-refractivity contribution in [1.82, 2.24) is 0 Å². The van der Waals surface area contributed by atoms with E-state index in [0.717, 1.165) is 109 Å². The molecule has 0 N–H and O–H groups in total. The van der Waals surface area contributed by atoms with E-state index in [1.165, 1.54) is 86.5 Å². The average Bonchev–Trinajstić information content (AvgIpc) is 1.58. The first kappa shape index (κ1) is 76.6. The van der Waals surface area contributed by atoms with Crippen LogP contribution >= 0.6 is 56.7 Å². The van der Waals surface area contributed by atoms with Crippen molar-refractivity contribution in [2.45, 2.75) is 237 Å². The highest BCUT2D eigenvalue weighted by Crippen LogP contribution is 2.56. The van der Waals surface area contributed by atoms with Crippen LogP contribution in [0, 0.1) is 27.7 Å². The van der Waals surface area contributed by atoms with E-state index in [1.54, 1.807) is 79.1 Å². The molecule has 750 valence electrons. The maximum Gasteiger partial charge on any atom is 0.0632 e. The van der Waals surface area contributed by atoms with E-state index in [4.69, 9.17) is 35.6 Å². The molecule has 149 heavy (non-hydrogen) atoms. The van der Waals surface area contributed by atoms with Gasteiger partial charge in [0.1, 0.15) is 0 Å². The minimum Gasteiger partial charge on any atom is -0.135 e. The molecular formula is C144H144S5. The molecule has 0 bridgehead atoms. The van der Waals surface area contributed by atoms with Crippen LogP contribution in [0.2, 0.25) is 0 Å². The first-order valence-electron chi connectivity index (χ1n) is 64.0. The lowest BCUT2D eigenvalue weighted by atomic mass is 9.73. The molecule has 0 saturated heterocycles. The van der Waals surface area contributed by atoms with Crippen molar-refractivity contribution < 1.29 is 35.6 Å². The standard InChI is InChI=1S/C37H42S.2C29H26S.C26H28S.C23H22S/c1-23-13-11-14-24(19-23)28-15-12-16-30-32(28)33-31(38-30)18-17-29(34(33)37(8,9)10)25-20-26(35(2,3)4)22-27(21-25)36(5,6)7;1-19-10-8-13-21(18-19)22-14-9-15-24-26(22)27-25(30-24)17-16-23(28(27)29(2,3)4)20-11-6-5-7-12-20;1-19-10-8-13-21(18-19)23-16-17-25-27(28(23)29(2,3)4)26-22(14-9-15-24(26)30-25)20-11-6-5-7-12-20;1-25(2,3)19-15-16-21-23(24(19)26(4,5)6)22-18(13-10-14-20(22)27-21)17-11-8-7-9-12-17;1-15-8-5-9-16(14-15)17-10-6-12-19-21(17)22-18(23(2,3)4)11-7-13-20(22)24-19/h11-22H,1-10H3;2*5-18H,1-4H3;7-16H,1-6H3;5-14H,1-4H3/i11D,13D,14D,19D;8D,10D,13D,18D;5D,6D,7D,8D,10D,11D,12D,13D,18D;7D,8D,9D,11D,12D;5D,8D,9D,14D. The largest absolute Gasteiger partial charge is 0.135 e. The summed E-state index contributed by atoms with van der Waals surface area (Å²) in [4.78, 5) is 0. The fourth-order valence-electron chi connectivity index (χ4n) is 20.9. The van der Waals surface area contributed by atoms with Gasteiger partial charge in [-0.3, -0.25) is 0 Å². The second-order valence-electron chi connectivity index (χ2n) is 47.2. The van der Waals surface area contributed by atoms with Crippen LogP contribution in [0.15, 0.2) is 363 Å². The molecule has 0 aliphatic rings. The highest BCUT2D eigenvalue weighted by atomic mass is 32.1. The van der Waals surface area contributed by atoms with Crippen LogP contribution in [-0.2, 0) is 43.3 Å². The second-order valence-corrected chi connectivity index (χ2v) is 52.6. The van der Waals surface area contributed by atoms with Crippen LogP contribution in [0.3, 0.4) is 0 Å². The normalized spacial score (nSPS) is 14.9. The zero-order valence-electron chi connectivity index (χ0n) is 117. The molecule has 0 atom stereocenters. The van der Waals surface area contributed by atoms with Gasteiger partial charge in [-0.2, -0.15) is 0 Å². The molecule has 0 aliphatic carbocycles. The quantitative estimate of drug-likeness (QED) is 0.142. The maximum atomic E-state index is 8.95. The monoisotopic (exact) mass is 2060 g/mol. The zero-order chi connectivity index (χ0) is 128. The van der Waals surface area contributed by atoms with E-state index >= 15 is 0 Å². The zero-order valence-corrected chi connectivity index (χ0v) is 94.8. The van der Waals surface area contributed by atoms with Crippen LogP contribution in [-0.4, -0.2) is 0 Å². The Kier molecular flexibility index (Phi) is 20.9. The predicted molar refractivity (Wildman–Crippen MR) is 669 cm³/mol. The summed E-state index contributed by atoms with van der Waals surface area (Å²) in [6, 6.07) is 66.7. The average molecular weight is 2060 g/mol. The molecule has 0 nitrogen and oxygen atoms in total. The van der Waals surface area contributed by atoms with Gasteiger partial charge in [0, 0.05) is 101 Å². The van der Waals surface area contributed by atoms with Gasteiger partial charge in [-0.15, -0.1) is 56.7 Å². The third-order valence-corrected chi connectivity index (χ3v) is 33.1. The van der Waals surface area contributed by atoms with E-state index < -0.39 is 23.5 Å². The smallest absolute Gasteiger partial charge is 0.0632 e. The minimum absolute atomic E-state index is 0.00481.